The molecule has 1 aromatic carbocycles. The first kappa shape index (κ1) is 14.9. The summed E-state index contributed by atoms with van der Waals surface area (Å²) in [5.41, 5.74) is 0.791. The average Bonchev–Trinajstić information content (AvgIpc) is 2.97. The third-order valence-electron chi connectivity index (χ3n) is 2.71. The summed E-state index contributed by atoms with van der Waals surface area (Å²) in [7, 11) is 0. The fraction of sp³-hybridized carbons (Fsp3) is 0.214. The summed E-state index contributed by atoms with van der Waals surface area (Å²) in [6.45, 7) is 0.176. The van der Waals surface area contributed by atoms with Crippen molar-refractivity contribution < 1.29 is 9.90 Å². The first-order valence-electron chi connectivity index (χ1n) is 6.09. The molecule has 0 aliphatic heterocycles. The molecule has 2 rings (SSSR count). The lowest BCUT2D eigenvalue weighted by Crippen LogP contribution is -2.32. The second-order valence-corrected chi connectivity index (χ2v) is 5.93. The van der Waals surface area contributed by atoms with Gasteiger partial charge in [-0.15, -0.1) is 23.1 Å². The second kappa shape index (κ2) is 7.33. The summed E-state index contributed by atoms with van der Waals surface area (Å²) in [5, 5.41) is 18.0. The monoisotopic (exact) mass is 308 g/mol. The van der Waals surface area contributed by atoms with Gasteiger partial charge in [0.1, 0.15) is 0 Å². The van der Waals surface area contributed by atoms with Crippen LogP contribution in [-0.4, -0.2) is 23.9 Å². The van der Waals surface area contributed by atoms with Crippen LogP contribution in [0.5, 0.6) is 0 Å². The van der Waals surface area contributed by atoms with Crippen LogP contribution in [0.2, 0.25) is 0 Å². The molecule has 0 spiro atoms. The number of thiophene rings is 1. The van der Waals surface area contributed by atoms with Gasteiger partial charge in [-0.2, -0.15) is 0 Å². The highest BCUT2D eigenvalue weighted by Gasteiger charge is 2.09. The van der Waals surface area contributed by atoms with E-state index in [9.17, 15) is 9.90 Å². The topological polar surface area (TPSA) is 61.4 Å². The van der Waals surface area contributed by atoms with Crippen LogP contribution in [0.1, 0.15) is 11.7 Å². The largest absolute Gasteiger partial charge is 0.387 e. The average molecular weight is 308 g/mol. The Morgan fingerprint density at radius 2 is 2.10 bits per heavy atom. The highest BCUT2D eigenvalue weighted by molar-refractivity contribution is 7.98. The fourth-order valence-corrected chi connectivity index (χ4v) is 2.66. The summed E-state index contributed by atoms with van der Waals surface area (Å²) >= 11 is 3.10. The van der Waals surface area contributed by atoms with Gasteiger partial charge < -0.3 is 10.4 Å². The first-order valence-corrected chi connectivity index (χ1v) is 8.20. The van der Waals surface area contributed by atoms with Crippen molar-refractivity contribution in [2.45, 2.75) is 11.0 Å². The number of thioether (sulfide) groups is 1. The van der Waals surface area contributed by atoms with Gasteiger partial charge >= 0.3 is 6.03 Å². The minimum absolute atomic E-state index is 0.176. The van der Waals surface area contributed by atoms with Crippen LogP contribution < -0.4 is 10.6 Å². The zero-order valence-corrected chi connectivity index (χ0v) is 12.6. The first-order chi connectivity index (χ1) is 9.69. The summed E-state index contributed by atoms with van der Waals surface area (Å²) in [5.74, 6) is 0. The molecule has 0 radical (unpaired) electrons. The molecule has 0 unspecified atom stereocenters. The number of rotatable bonds is 5. The maximum absolute atomic E-state index is 11.6. The predicted molar refractivity (Wildman–Crippen MR) is 84.5 cm³/mol. The molecule has 0 aliphatic rings. The number of urea groups is 1. The van der Waals surface area contributed by atoms with E-state index >= 15 is 0 Å². The number of carbonyl (C=O) groups is 1. The highest BCUT2D eigenvalue weighted by Crippen LogP contribution is 2.19. The van der Waals surface area contributed by atoms with Gasteiger partial charge in [-0.3, -0.25) is 5.32 Å². The zero-order chi connectivity index (χ0) is 14.4. The molecule has 20 heavy (non-hydrogen) atoms. The maximum atomic E-state index is 11.6. The Morgan fingerprint density at radius 1 is 1.35 bits per heavy atom. The lowest BCUT2D eigenvalue weighted by atomic mass is 10.1. The molecule has 1 atom stereocenters. The van der Waals surface area contributed by atoms with Crippen molar-refractivity contribution in [1.29, 1.82) is 0 Å². The Labute approximate surface area is 126 Å². The van der Waals surface area contributed by atoms with Crippen LogP contribution in [0.3, 0.4) is 0 Å². The smallest absolute Gasteiger partial charge is 0.319 e. The van der Waals surface area contributed by atoms with Gasteiger partial charge in [0.2, 0.25) is 0 Å². The Bertz CT molecular complexity index is 541. The summed E-state index contributed by atoms with van der Waals surface area (Å²) < 4.78 is 0. The van der Waals surface area contributed by atoms with Gasteiger partial charge in [-0.1, -0.05) is 12.1 Å². The third-order valence-corrected chi connectivity index (χ3v) is 4.24. The molecule has 0 bridgehead atoms. The van der Waals surface area contributed by atoms with Crippen molar-refractivity contribution in [3.63, 3.8) is 0 Å². The number of hydrogen-bond acceptors (Lipinski definition) is 4. The van der Waals surface area contributed by atoms with E-state index < -0.39 is 6.10 Å². The van der Waals surface area contributed by atoms with E-state index in [0.29, 0.717) is 0 Å². The number of hydrogen-bond donors (Lipinski definition) is 3. The quantitative estimate of drug-likeness (QED) is 0.743. The molecular formula is C14H16N2O2S2. The molecule has 0 saturated heterocycles. The SMILES string of the molecule is CSc1ccc([C@@H](O)CNC(=O)Nc2cccs2)cc1. The van der Waals surface area contributed by atoms with E-state index in [-0.39, 0.29) is 12.6 Å². The number of carbonyl (C=O) groups excluding carboxylic acids is 1. The number of amides is 2. The van der Waals surface area contributed by atoms with Crippen molar-refractivity contribution in [2.24, 2.45) is 0 Å². The van der Waals surface area contributed by atoms with E-state index in [4.69, 9.17) is 0 Å². The van der Waals surface area contributed by atoms with Gasteiger partial charge in [0.05, 0.1) is 11.1 Å². The van der Waals surface area contributed by atoms with Crippen molar-refractivity contribution in [3.8, 4) is 0 Å². The number of anilines is 1. The Balaban J connectivity index is 1.81. The Morgan fingerprint density at radius 3 is 2.70 bits per heavy atom. The minimum Gasteiger partial charge on any atom is -0.387 e. The molecule has 1 heterocycles. The van der Waals surface area contributed by atoms with Gasteiger partial charge in [-0.25, -0.2) is 4.79 Å². The molecule has 0 saturated carbocycles. The molecule has 2 amide bonds. The van der Waals surface area contributed by atoms with Crippen LogP contribution in [0, 0.1) is 0 Å². The lowest BCUT2D eigenvalue weighted by molar-refractivity contribution is 0.175. The molecule has 0 fully saturated rings. The normalized spacial score (nSPS) is 11.9. The van der Waals surface area contributed by atoms with Crippen LogP contribution in [-0.2, 0) is 0 Å². The van der Waals surface area contributed by atoms with Crippen molar-refractivity contribution in [3.05, 3.63) is 47.3 Å². The lowest BCUT2D eigenvalue weighted by Gasteiger charge is -2.13. The molecule has 2 aromatic rings. The van der Waals surface area contributed by atoms with Crippen LogP contribution in [0.25, 0.3) is 0 Å². The summed E-state index contributed by atoms with van der Waals surface area (Å²) in [4.78, 5) is 12.8. The fourth-order valence-electron chi connectivity index (χ4n) is 1.64. The van der Waals surface area contributed by atoms with E-state index in [2.05, 4.69) is 10.6 Å². The molecule has 1 aromatic heterocycles. The van der Waals surface area contributed by atoms with Gasteiger partial charge in [0, 0.05) is 11.4 Å². The maximum Gasteiger partial charge on any atom is 0.319 e. The number of nitrogens with one attached hydrogen (secondary N) is 2. The minimum atomic E-state index is -0.708. The zero-order valence-electron chi connectivity index (χ0n) is 11.0. The van der Waals surface area contributed by atoms with Crippen LogP contribution in [0.4, 0.5) is 9.80 Å². The Hall–Kier alpha value is -1.50. The predicted octanol–water partition coefficient (Wildman–Crippen LogP) is 3.33. The van der Waals surface area contributed by atoms with E-state index in [1.54, 1.807) is 11.8 Å². The van der Waals surface area contributed by atoms with Gasteiger partial charge in [0.15, 0.2) is 0 Å². The van der Waals surface area contributed by atoms with Gasteiger partial charge in [-0.05, 0) is 41.5 Å². The highest BCUT2D eigenvalue weighted by atomic mass is 32.2. The van der Waals surface area contributed by atoms with Crippen LogP contribution >= 0.6 is 23.1 Å². The van der Waals surface area contributed by atoms with E-state index in [0.717, 1.165) is 15.5 Å². The molecule has 106 valence electrons. The molecule has 4 nitrogen and oxygen atoms in total. The third kappa shape index (κ3) is 4.26. The van der Waals surface area contributed by atoms with Crippen molar-refractivity contribution in [1.82, 2.24) is 5.32 Å². The van der Waals surface area contributed by atoms with Gasteiger partial charge in [0.25, 0.3) is 0 Å². The molecule has 6 heteroatoms. The van der Waals surface area contributed by atoms with E-state index in [1.807, 2.05) is 48.0 Å². The number of benzene rings is 1. The Kier molecular flexibility index (Phi) is 5.46. The second-order valence-electron chi connectivity index (χ2n) is 4.10. The molecule has 3 N–H and O–H groups in total. The molecule has 0 aliphatic carbocycles. The van der Waals surface area contributed by atoms with Crippen molar-refractivity contribution >= 4 is 34.1 Å². The van der Waals surface area contributed by atoms with Crippen molar-refractivity contribution in [2.75, 3.05) is 18.1 Å². The number of aliphatic hydroxyl groups is 1. The number of aliphatic hydroxyl groups excluding tert-OH is 1. The standard InChI is InChI=1S/C14H16N2O2S2/c1-19-11-6-4-10(5-7-11)12(17)9-15-14(18)16-13-3-2-8-20-13/h2-8,12,17H,9H2,1H3,(H2,15,16,18)/t12-/m0/s1. The summed E-state index contributed by atoms with van der Waals surface area (Å²) in [6, 6.07) is 11.0. The summed E-state index contributed by atoms with van der Waals surface area (Å²) in [6.07, 6.45) is 1.29. The van der Waals surface area contributed by atoms with Crippen LogP contribution in [0.15, 0.2) is 46.7 Å². The molecular weight excluding hydrogens is 292 g/mol. The van der Waals surface area contributed by atoms with E-state index in [1.165, 1.54) is 11.3 Å².